The molecule has 3 aromatic carbocycles. The van der Waals surface area contributed by atoms with Crippen LogP contribution in [-0.2, 0) is 12.7 Å². The number of nitrogens with zero attached hydrogens (tertiary/aromatic N) is 2. The molecule has 1 saturated carbocycles. The van der Waals surface area contributed by atoms with E-state index in [1.807, 2.05) is 0 Å². The molecule has 1 aromatic heterocycles. The Hall–Kier alpha value is -4.67. The fourth-order valence-electron chi connectivity index (χ4n) is 4.40. The Morgan fingerprint density at radius 2 is 1.75 bits per heavy atom. The highest BCUT2D eigenvalue weighted by molar-refractivity contribution is 6.04. The van der Waals surface area contributed by atoms with Gasteiger partial charge in [-0.3, -0.25) is 4.79 Å². The van der Waals surface area contributed by atoms with Gasteiger partial charge in [0.05, 0.1) is 17.0 Å². The van der Waals surface area contributed by atoms with Crippen molar-refractivity contribution in [1.29, 1.82) is 0 Å². The van der Waals surface area contributed by atoms with Gasteiger partial charge < -0.3 is 15.7 Å². The maximum Gasteiger partial charge on any atom is 0.416 e. The third kappa shape index (κ3) is 5.83. The van der Waals surface area contributed by atoms with Crippen LogP contribution in [0.5, 0.6) is 5.75 Å². The zero-order valence-corrected chi connectivity index (χ0v) is 21.0. The number of carbonyl (C=O) groups is 2. The molecule has 7 nitrogen and oxygen atoms in total. The first kappa shape index (κ1) is 26.9. The monoisotopic (exact) mass is 552 g/mol. The number of hydrogen-bond donors (Lipinski definition) is 3. The van der Waals surface area contributed by atoms with E-state index in [0.717, 1.165) is 37.5 Å². The zero-order valence-electron chi connectivity index (χ0n) is 21.0. The minimum atomic E-state index is -4.59. The van der Waals surface area contributed by atoms with E-state index >= 15 is 0 Å². The van der Waals surface area contributed by atoms with Crippen LogP contribution in [0.1, 0.15) is 52.4 Å². The van der Waals surface area contributed by atoms with Crippen LogP contribution in [0.25, 0.3) is 11.3 Å². The van der Waals surface area contributed by atoms with Gasteiger partial charge in [0.2, 0.25) is 0 Å². The van der Waals surface area contributed by atoms with Crippen LogP contribution >= 0.6 is 0 Å². The summed E-state index contributed by atoms with van der Waals surface area (Å²) in [5.41, 5.74) is 0.969. The van der Waals surface area contributed by atoms with Gasteiger partial charge >= 0.3 is 12.2 Å². The lowest BCUT2D eigenvalue weighted by Crippen LogP contribution is -2.31. The number of benzene rings is 3. The Balaban J connectivity index is 1.39. The summed E-state index contributed by atoms with van der Waals surface area (Å²) >= 11 is 0. The van der Waals surface area contributed by atoms with E-state index in [4.69, 9.17) is 0 Å². The smallest absolute Gasteiger partial charge is 0.416 e. The van der Waals surface area contributed by atoms with Crippen LogP contribution in [-0.4, -0.2) is 26.8 Å². The topological polar surface area (TPSA) is 96.2 Å². The lowest BCUT2D eigenvalue weighted by molar-refractivity contribution is -0.137. The van der Waals surface area contributed by atoms with Gasteiger partial charge in [-0.15, -0.1) is 0 Å². The second kappa shape index (κ2) is 10.8. The molecule has 0 bridgehead atoms. The number of phenolic OH excluding ortho intramolecular Hbond substituents is 1. The molecule has 0 aliphatic heterocycles. The molecule has 1 aliphatic carbocycles. The minimum Gasteiger partial charge on any atom is -0.507 e. The second-order valence-corrected chi connectivity index (χ2v) is 9.54. The number of nitrogens with one attached hydrogen (secondary N) is 2. The van der Waals surface area contributed by atoms with Crippen LogP contribution in [0.15, 0.2) is 72.8 Å². The van der Waals surface area contributed by atoms with Crippen molar-refractivity contribution < 1.29 is 32.3 Å². The van der Waals surface area contributed by atoms with E-state index < -0.39 is 23.7 Å². The number of aromatic hydroxyl groups is 1. The van der Waals surface area contributed by atoms with Crippen molar-refractivity contribution in [2.24, 2.45) is 0 Å². The summed E-state index contributed by atoms with van der Waals surface area (Å²) < 4.78 is 53.6. The molecular formula is C29H24F4N4O3. The molecule has 0 radical (unpaired) electrons. The summed E-state index contributed by atoms with van der Waals surface area (Å²) in [6.07, 6.45) is -1.85. The highest BCUT2D eigenvalue weighted by Crippen LogP contribution is 2.39. The lowest BCUT2D eigenvalue weighted by Gasteiger charge is -2.25. The summed E-state index contributed by atoms with van der Waals surface area (Å²) in [5.74, 6) is -1.20. The summed E-state index contributed by atoms with van der Waals surface area (Å²) in [6, 6.07) is 15.2. The molecule has 1 heterocycles. The van der Waals surface area contributed by atoms with Crippen molar-refractivity contribution in [2.45, 2.75) is 37.9 Å². The van der Waals surface area contributed by atoms with Gasteiger partial charge in [-0.25, -0.2) is 9.18 Å². The fourth-order valence-corrected chi connectivity index (χ4v) is 4.40. The summed E-state index contributed by atoms with van der Waals surface area (Å²) in [6.45, 7) is 0.153. The zero-order chi connectivity index (χ0) is 28.4. The first-order valence-electron chi connectivity index (χ1n) is 12.5. The van der Waals surface area contributed by atoms with E-state index in [-0.39, 0.29) is 46.5 Å². The quantitative estimate of drug-likeness (QED) is 0.183. The predicted octanol–water partition coefficient (Wildman–Crippen LogP) is 6.69. The molecule has 206 valence electrons. The average Bonchev–Trinajstić information content (AvgIpc) is 3.32. The number of halogens is 4. The second-order valence-electron chi connectivity index (χ2n) is 9.54. The number of rotatable bonds is 6. The van der Waals surface area contributed by atoms with Crippen molar-refractivity contribution in [3.05, 3.63) is 101 Å². The maximum absolute atomic E-state index is 13.2. The summed E-state index contributed by atoms with van der Waals surface area (Å²) in [5, 5.41) is 20.3. The third-order valence-electron chi connectivity index (χ3n) is 6.79. The van der Waals surface area contributed by atoms with E-state index in [1.54, 1.807) is 18.2 Å². The van der Waals surface area contributed by atoms with Crippen molar-refractivity contribution in [3.8, 4) is 17.0 Å². The lowest BCUT2D eigenvalue weighted by atomic mass is 9.82. The van der Waals surface area contributed by atoms with Gasteiger partial charge in [0.25, 0.3) is 5.91 Å². The Labute approximate surface area is 226 Å². The first-order valence-corrected chi connectivity index (χ1v) is 12.5. The normalized spacial score (nSPS) is 13.5. The number of hydrogen-bond acceptors (Lipinski definition) is 4. The maximum atomic E-state index is 13.2. The minimum absolute atomic E-state index is 0.101. The van der Waals surface area contributed by atoms with Crippen LogP contribution < -0.4 is 10.6 Å². The molecule has 4 aromatic rings. The standard InChI is InChI=1S/C29H24F4N4O3/c30-21-9-7-17(8-10-21)16-34-28(40)37-25(18-3-1-4-18)15-24(36-37)23-14-22(11-12-26(23)38)35-27(39)19-5-2-6-20(13-19)29(31,32)33/h2,5-15,18,38H,1,3-4,16H2,(H,34,40)(H,35,39). The van der Waals surface area contributed by atoms with E-state index in [1.165, 1.54) is 41.1 Å². The van der Waals surface area contributed by atoms with Crippen molar-refractivity contribution >= 4 is 17.6 Å². The Kier molecular flexibility index (Phi) is 7.29. The highest BCUT2D eigenvalue weighted by Gasteiger charge is 2.31. The van der Waals surface area contributed by atoms with Crippen LogP contribution in [0.3, 0.4) is 0 Å². The number of alkyl halides is 3. The molecule has 1 aliphatic rings. The van der Waals surface area contributed by atoms with Crippen molar-refractivity contribution in [1.82, 2.24) is 15.1 Å². The molecule has 5 rings (SSSR count). The van der Waals surface area contributed by atoms with E-state index in [9.17, 15) is 32.3 Å². The predicted molar refractivity (Wildman–Crippen MR) is 139 cm³/mol. The molecule has 11 heteroatoms. The average molecular weight is 553 g/mol. The Bertz CT molecular complexity index is 1560. The molecule has 0 spiro atoms. The van der Waals surface area contributed by atoms with Crippen molar-refractivity contribution in [3.63, 3.8) is 0 Å². The number of aromatic nitrogens is 2. The molecule has 0 unspecified atom stereocenters. The highest BCUT2D eigenvalue weighted by atomic mass is 19.4. The number of anilines is 1. The number of amides is 2. The molecule has 0 atom stereocenters. The Morgan fingerprint density at radius 1 is 1.00 bits per heavy atom. The largest absolute Gasteiger partial charge is 0.507 e. The molecule has 1 fully saturated rings. The van der Waals surface area contributed by atoms with Crippen LogP contribution in [0, 0.1) is 5.82 Å². The molecular weight excluding hydrogens is 528 g/mol. The molecule has 2 amide bonds. The fraction of sp³-hybridized carbons (Fsp3) is 0.207. The molecule has 40 heavy (non-hydrogen) atoms. The SMILES string of the molecule is O=C(Nc1ccc(O)c(-c2cc(C3CCC3)n(C(=O)NCc3ccc(F)cc3)n2)c1)c1cccc(C(F)(F)F)c1. The van der Waals surface area contributed by atoms with Gasteiger partial charge in [0.15, 0.2) is 0 Å². The summed E-state index contributed by atoms with van der Waals surface area (Å²) in [7, 11) is 0. The van der Waals surface area contributed by atoms with Gasteiger partial charge in [-0.1, -0.05) is 24.6 Å². The number of phenols is 1. The Morgan fingerprint density at radius 3 is 2.42 bits per heavy atom. The van der Waals surface area contributed by atoms with Gasteiger partial charge in [0, 0.05) is 29.3 Å². The molecule has 3 N–H and O–H groups in total. The van der Waals surface area contributed by atoms with E-state index in [2.05, 4.69) is 15.7 Å². The van der Waals surface area contributed by atoms with Gasteiger partial charge in [-0.05, 0) is 73.0 Å². The van der Waals surface area contributed by atoms with Gasteiger partial charge in [0.1, 0.15) is 11.6 Å². The first-order chi connectivity index (χ1) is 19.1. The van der Waals surface area contributed by atoms with E-state index in [0.29, 0.717) is 11.3 Å². The number of carbonyl (C=O) groups excluding carboxylic acids is 2. The van der Waals surface area contributed by atoms with Crippen LogP contribution in [0.2, 0.25) is 0 Å². The van der Waals surface area contributed by atoms with Gasteiger partial charge in [-0.2, -0.15) is 23.0 Å². The van der Waals surface area contributed by atoms with Crippen LogP contribution in [0.4, 0.5) is 28.0 Å². The molecule has 0 saturated heterocycles. The summed E-state index contributed by atoms with van der Waals surface area (Å²) in [4.78, 5) is 25.7. The van der Waals surface area contributed by atoms with Crippen molar-refractivity contribution in [2.75, 3.05) is 5.32 Å². The third-order valence-corrected chi connectivity index (χ3v) is 6.79.